The number of nitrogens with one attached hydrogen (secondary N) is 2. The Bertz CT molecular complexity index is 714. The molecule has 178 valence electrons. The van der Waals surface area contributed by atoms with E-state index < -0.39 is 49.4 Å². The predicted molar refractivity (Wildman–Crippen MR) is 109 cm³/mol. The van der Waals surface area contributed by atoms with E-state index in [0.29, 0.717) is 6.54 Å². The first-order chi connectivity index (χ1) is 14.3. The second kappa shape index (κ2) is 10.4. The van der Waals surface area contributed by atoms with E-state index in [1.807, 2.05) is 0 Å². The maximum atomic E-state index is 12.7. The van der Waals surface area contributed by atoms with Crippen molar-refractivity contribution in [2.24, 2.45) is 10.8 Å². The highest BCUT2D eigenvalue weighted by Gasteiger charge is 2.49. The first-order valence-electron chi connectivity index (χ1n) is 10.2. The van der Waals surface area contributed by atoms with Crippen LogP contribution in [-0.4, -0.2) is 63.1 Å². The zero-order valence-electron chi connectivity index (χ0n) is 18.7. The molecule has 2 heterocycles. The van der Waals surface area contributed by atoms with Gasteiger partial charge in [0.1, 0.15) is 6.10 Å². The van der Waals surface area contributed by atoms with Crippen molar-refractivity contribution in [2.75, 3.05) is 33.0 Å². The Balaban J connectivity index is 1.83. The van der Waals surface area contributed by atoms with Gasteiger partial charge in [-0.15, -0.1) is 0 Å². The molecule has 12 heteroatoms. The molecule has 2 aliphatic rings. The molecule has 0 aliphatic carbocycles. The molecule has 2 aliphatic heterocycles. The van der Waals surface area contributed by atoms with E-state index in [9.17, 15) is 18.9 Å². The summed E-state index contributed by atoms with van der Waals surface area (Å²) in [6.07, 6.45) is -0.525. The Morgan fingerprint density at radius 1 is 1.26 bits per heavy atom. The lowest BCUT2D eigenvalue weighted by atomic mass is 9.87. The molecule has 2 fully saturated rings. The molecule has 2 N–H and O–H groups in total. The van der Waals surface area contributed by atoms with Gasteiger partial charge in [0, 0.05) is 18.5 Å². The quantitative estimate of drug-likeness (QED) is 0.309. The molecule has 0 spiro atoms. The molecular formula is C19H33N2O9P. The first-order valence-corrected chi connectivity index (χ1v) is 11.7. The van der Waals surface area contributed by atoms with Gasteiger partial charge in [-0.1, -0.05) is 13.8 Å². The van der Waals surface area contributed by atoms with Crippen molar-refractivity contribution < 1.29 is 42.0 Å². The molecule has 2 rings (SSSR count). The molecule has 0 bridgehead atoms. The fourth-order valence-corrected chi connectivity index (χ4v) is 4.32. The number of phosphoric acid groups is 1. The van der Waals surface area contributed by atoms with E-state index in [4.69, 9.17) is 23.0 Å². The summed E-state index contributed by atoms with van der Waals surface area (Å²) >= 11 is 0. The Morgan fingerprint density at radius 3 is 2.58 bits per heavy atom. The van der Waals surface area contributed by atoms with E-state index in [2.05, 4.69) is 10.6 Å². The molecule has 31 heavy (non-hydrogen) atoms. The minimum Gasteiger partial charge on any atom is -0.461 e. The summed E-state index contributed by atoms with van der Waals surface area (Å²) in [6, 6.07) is 0. The number of ether oxygens (including phenoxy) is 2. The van der Waals surface area contributed by atoms with Crippen LogP contribution >= 0.6 is 7.82 Å². The number of rotatable bonds is 8. The highest BCUT2D eigenvalue weighted by atomic mass is 31.2. The fraction of sp³-hybridized carbons (Fsp3) is 0.842. The number of amides is 1. The minimum absolute atomic E-state index is 0.00278. The van der Waals surface area contributed by atoms with E-state index >= 15 is 0 Å². The largest absolute Gasteiger partial charge is 0.478 e. The summed E-state index contributed by atoms with van der Waals surface area (Å²) < 4.78 is 38.5. The lowest BCUT2D eigenvalue weighted by molar-refractivity contribution is -0.163. The summed E-state index contributed by atoms with van der Waals surface area (Å²) in [5, 5.41) is 5.70. The highest BCUT2D eigenvalue weighted by molar-refractivity contribution is 7.48. The van der Waals surface area contributed by atoms with E-state index in [-0.39, 0.29) is 25.7 Å². The number of hydrogen-bond acceptors (Lipinski definition) is 10. The van der Waals surface area contributed by atoms with Crippen LogP contribution in [0.1, 0.15) is 47.5 Å². The molecule has 1 unspecified atom stereocenters. The monoisotopic (exact) mass is 464 g/mol. The maximum Gasteiger partial charge on any atom is 0.478 e. The van der Waals surface area contributed by atoms with Gasteiger partial charge in [-0.25, -0.2) is 9.09 Å². The highest BCUT2D eigenvalue weighted by Crippen LogP contribution is 2.57. The van der Waals surface area contributed by atoms with Gasteiger partial charge in [-0.05, 0) is 33.7 Å². The Labute approximate surface area is 182 Å². The van der Waals surface area contributed by atoms with Gasteiger partial charge in [-0.3, -0.25) is 23.4 Å². The summed E-state index contributed by atoms with van der Waals surface area (Å²) in [6.45, 7) is 9.17. The van der Waals surface area contributed by atoms with E-state index in [1.165, 1.54) is 0 Å². The SMILES string of the molecule is CC(C)(C)C(=O)OCO[P@@]1(=O)OCC(C)(C)[C@H](C(=O)NCCC(=O)OC2CCNC2)O1. The Morgan fingerprint density at radius 2 is 1.97 bits per heavy atom. The molecule has 0 aromatic carbocycles. The molecule has 11 nitrogen and oxygen atoms in total. The molecule has 2 saturated heterocycles. The molecule has 3 atom stereocenters. The van der Waals surface area contributed by atoms with Gasteiger partial charge < -0.3 is 20.1 Å². The number of hydrogen-bond donors (Lipinski definition) is 2. The maximum absolute atomic E-state index is 12.7. The average molecular weight is 464 g/mol. The third kappa shape index (κ3) is 7.84. The number of phosphoric ester groups is 1. The Hall–Kier alpha value is -1.52. The van der Waals surface area contributed by atoms with Crippen molar-refractivity contribution in [1.29, 1.82) is 0 Å². The number of esters is 2. The minimum atomic E-state index is -4.12. The molecule has 1 amide bonds. The normalized spacial score (nSPS) is 28.0. The van der Waals surface area contributed by atoms with Crippen molar-refractivity contribution in [3.8, 4) is 0 Å². The van der Waals surface area contributed by atoms with Crippen LogP contribution in [0.4, 0.5) is 0 Å². The van der Waals surface area contributed by atoms with Crippen LogP contribution in [0.15, 0.2) is 0 Å². The zero-order chi connectivity index (χ0) is 23.3. The van der Waals surface area contributed by atoms with Gasteiger partial charge in [-0.2, -0.15) is 0 Å². The van der Waals surface area contributed by atoms with Gasteiger partial charge in [0.25, 0.3) is 0 Å². The predicted octanol–water partition coefficient (Wildman–Crippen LogP) is 1.51. The molecular weight excluding hydrogens is 431 g/mol. The van der Waals surface area contributed by atoms with Crippen LogP contribution in [-0.2, 0) is 42.0 Å². The molecule has 0 aromatic rings. The van der Waals surface area contributed by atoms with Gasteiger partial charge >= 0.3 is 19.8 Å². The van der Waals surface area contributed by atoms with Crippen molar-refractivity contribution in [2.45, 2.75) is 59.7 Å². The summed E-state index contributed by atoms with van der Waals surface area (Å²) in [5.74, 6) is -1.51. The molecule has 0 aromatic heterocycles. The third-order valence-corrected chi connectivity index (χ3v) is 6.07. The molecule has 0 saturated carbocycles. The van der Waals surface area contributed by atoms with Crippen LogP contribution in [0.5, 0.6) is 0 Å². The Kier molecular flexibility index (Phi) is 8.63. The summed E-state index contributed by atoms with van der Waals surface area (Å²) in [7, 11) is -4.12. The number of carbonyl (C=O) groups excluding carboxylic acids is 3. The standard InChI is InChI=1S/C19H33N2O9P/c1-18(2,3)17(24)26-12-28-31(25)27-11-19(4,5)15(30-31)16(23)21-9-7-14(22)29-13-6-8-20-10-13/h13,15,20H,6-12H2,1-5H3,(H,21,23)/t13?,15-,31+/m0/s1. The first kappa shape index (κ1) is 25.7. The van der Waals surface area contributed by atoms with Crippen molar-refractivity contribution in [3.63, 3.8) is 0 Å². The second-order valence-electron chi connectivity index (χ2n) is 9.27. The lowest BCUT2D eigenvalue weighted by Gasteiger charge is -2.39. The third-order valence-electron chi connectivity index (χ3n) is 4.73. The smallest absolute Gasteiger partial charge is 0.461 e. The van der Waals surface area contributed by atoms with E-state index in [0.717, 1.165) is 13.0 Å². The van der Waals surface area contributed by atoms with Gasteiger partial charge in [0.15, 0.2) is 6.10 Å². The van der Waals surface area contributed by atoms with Crippen LogP contribution in [0.3, 0.4) is 0 Å². The fourth-order valence-electron chi connectivity index (χ4n) is 2.81. The van der Waals surface area contributed by atoms with Crippen LogP contribution in [0, 0.1) is 10.8 Å². The summed E-state index contributed by atoms with van der Waals surface area (Å²) in [5.41, 5.74) is -1.56. The van der Waals surface area contributed by atoms with Crippen LogP contribution in [0.25, 0.3) is 0 Å². The van der Waals surface area contributed by atoms with Gasteiger partial charge in [0.05, 0.1) is 18.4 Å². The zero-order valence-corrected chi connectivity index (χ0v) is 19.6. The van der Waals surface area contributed by atoms with E-state index in [1.54, 1.807) is 34.6 Å². The average Bonchev–Trinajstić information content (AvgIpc) is 3.16. The number of carbonyl (C=O) groups is 3. The van der Waals surface area contributed by atoms with Crippen molar-refractivity contribution >= 4 is 25.7 Å². The molecule has 0 radical (unpaired) electrons. The topological polar surface area (TPSA) is 138 Å². The van der Waals surface area contributed by atoms with Crippen LogP contribution in [0.2, 0.25) is 0 Å². The second-order valence-corrected chi connectivity index (χ2v) is 10.9. The van der Waals surface area contributed by atoms with Crippen molar-refractivity contribution in [1.82, 2.24) is 10.6 Å². The summed E-state index contributed by atoms with van der Waals surface area (Å²) in [4.78, 5) is 36.3. The lowest BCUT2D eigenvalue weighted by Crippen LogP contribution is -2.50. The van der Waals surface area contributed by atoms with Crippen LogP contribution < -0.4 is 10.6 Å². The van der Waals surface area contributed by atoms with Crippen molar-refractivity contribution in [3.05, 3.63) is 0 Å². The van der Waals surface area contributed by atoms with Gasteiger partial charge in [0.2, 0.25) is 12.7 Å².